The lowest BCUT2D eigenvalue weighted by Gasteiger charge is -2.09. The van der Waals surface area contributed by atoms with Crippen LogP contribution in [0.5, 0.6) is 0 Å². The van der Waals surface area contributed by atoms with Crippen LogP contribution in [0.3, 0.4) is 0 Å². The van der Waals surface area contributed by atoms with Gasteiger partial charge in [-0.05, 0) is 27.6 Å². The second kappa shape index (κ2) is 4.76. The largest absolute Gasteiger partial charge is 0.385 e. The van der Waals surface area contributed by atoms with Crippen LogP contribution in [-0.4, -0.2) is 15.1 Å². The quantitative estimate of drug-likeness (QED) is 0.910. The summed E-state index contributed by atoms with van der Waals surface area (Å²) in [5.74, 6) is 0.153. The Balaban J connectivity index is 2.18. The van der Waals surface area contributed by atoms with Gasteiger partial charge in [0.2, 0.25) is 0 Å². The lowest BCUT2D eigenvalue weighted by atomic mass is 10.1. The van der Waals surface area contributed by atoms with Crippen molar-refractivity contribution in [3.63, 3.8) is 0 Å². The van der Waals surface area contributed by atoms with E-state index in [0.717, 1.165) is 0 Å². The summed E-state index contributed by atoms with van der Waals surface area (Å²) in [6.45, 7) is 0. The number of hydrogen-bond acceptors (Lipinski definition) is 2. The number of nitrogens with one attached hydrogen (secondary N) is 1. The molecule has 0 saturated heterocycles. The van der Waals surface area contributed by atoms with Crippen LogP contribution in [0, 0.1) is 5.82 Å². The monoisotopic (exact) mass is 284 g/mol. The Labute approximate surface area is 100 Å². The van der Waals surface area contributed by atoms with Crippen molar-refractivity contribution in [2.45, 2.75) is 12.5 Å². The number of halogens is 2. The molecule has 0 fully saturated rings. The van der Waals surface area contributed by atoms with Crippen LogP contribution in [0.25, 0.3) is 0 Å². The molecule has 1 aromatic carbocycles. The van der Waals surface area contributed by atoms with Crippen LogP contribution in [0.2, 0.25) is 0 Å². The number of hydrogen-bond donors (Lipinski definition) is 2. The predicted octanol–water partition coefficient (Wildman–Crippen LogP) is 2.59. The van der Waals surface area contributed by atoms with Gasteiger partial charge in [-0.15, -0.1) is 0 Å². The van der Waals surface area contributed by atoms with Gasteiger partial charge in [-0.3, -0.25) is 0 Å². The molecule has 1 unspecified atom stereocenters. The molecule has 0 radical (unpaired) electrons. The fraction of sp³-hybridized carbons (Fsp3) is 0.182. The zero-order valence-electron chi connectivity index (χ0n) is 8.32. The smallest absolute Gasteiger partial charge is 0.137 e. The summed E-state index contributed by atoms with van der Waals surface area (Å²) in [6.07, 6.45) is 2.76. The molecular formula is C11H10BrFN2O. The number of benzene rings is 1. The highest BCUT2D eigenvalue weighted by Gasteiger charge is 2.14. The number of imidazole rings is 1. The van der Waals surface area contributed by atoms with Crippen molar-refractivity contribution in [2.24, 2.45) is 0 Å². The summed E-state index contributed by atoms with van der Waals surface area (Å²) < 4.78 is 13.6. The van der Waals surface area contributed by atoms with Crippen LogP contribution in [0.1, 0.15) is 17.5 Å². The van der Waals surface area contributed by atoms with Gasteiger partial charge in [0, 0.05) is 18.8 Å². The van der Waals surface area contributed by atoms with Crippen molar-refractivity contribution in [2.75, 3.05) is 0 Å². The second-order valence-electron chi connectivity index (χ2n) is 3.41. The third kappa shape index (κ3) is 2.31. The van der Waals surface area contributed by atoms with E-state index in [1.807, 2.05) is 0 Å². The molecule has 0 aliphatic carbocycles. The Morgan fingerprint density at radius 1 is 1.50 bits per heavy atom. The molecule has 16 heavy (non-hydrogen) atoms. The number of aromatic nitrogens is 2. The van der Waals surface area contributed by atoms with Gasteiger partial charge in [-0.2, -0.15) is 0 Å². The molecule has 1 aromatic heterocycles. The number of aliphatic hydroxyl groups is 1. The van der Waals surface area contributed by atoms with E-state index in [1.165, 1.54) is 6.07 Å². The topological polar surface area (TPSA) is 48.9 Å². The summed E-state index contributed by atoms with van der Waals surface area (Å²) in [5.41, 5.74) is 0.712. The fourth-order valence-electron chi connectivity index (χ4n) is 1.47. The van der Waals surface area contributed by atoms with Crippen molar-refractivity contribution < 1.29 is 9.50 Å². The molecule has 0 saturated carbocycles. The molecular weight excluding hydrogens is 275 g/mol. The lowest BCUT2D eigenvalue weighted by molar-refractivity contribution is 0.169. The molecule has 0 amide bonds. The van der Waals surface area contributed by atoms with Gasteiger partial charge in [0.25, 0.3) is 0 Å². The van der Waals surface area contributed by atoms with Crippen molar-refractivity contribution in [1.82, 2.24) is 9.97 Å². The third-order valence-electron chi connectivity index (χ3n) is 2.28. The van der Waals surface area contributed by atoms with Gasteiger partial charge in [0.1, 0.15) is 17.7 Å². The Kier molecular flexibility index (Phi) is 3.36. The van der Waals surface area contributed by atoms with E-state index < -0.39 is 6.10 Å². The van der Waals surface area contributed by atoms with Gasteiger partial charge in [-0.1, -0.05) is 12.1 Å². The van der Waals surface area contributed by atoms with Crippen molar-refractivity contribution in [3.05, 3.63) is 52.3 Å². The number of nitrogens with zero attached hydrogens (tertiary/aromatic N) is 1. The average Bonchev–Trinajstić information content (AvgIpc) is 2.78. The number of H-pyrrole nitrogens is 1. The summed E-state index contributed by atoms with van der Waals surface area (Å²) in [7, 11) is 0. The summed E-state index contributed by atoms with van der Waals surface area (Å²) in [5, 5.41) is 9.84. The van der Waals surface area contributed by atoms with Gasteiger partial charge < -0.3 is 10.1 Å². The number of rotatable bonds is 3. The first kappa shape index (κ1) is 11.3. The van der Waals surface area contributed by atoms with Gasteiger partial charge >= 0.3 is 0 Å². The highest BCUT2D eigenvalue weighted by molar-refractivity contribution is 9.10. The van der Waals surface area contributed by atoms with E-state index in [4.69, 9.17) is 0 Å². The van der Waals surface area contributed by atoms with Gasteiger partial charge in [0.05, 0.1) is 4.47 Å². The first-order valence-electron chi connectivity index (χ1n) is 4.78. The minimum atomic E-state index is -0.756. The molecule has 5 heteroatoms. The van der Waals surface area contributed by atoms with Crippen molar-refractivity contribution in [3.8, 4) is 0 Å². The maximum absolute atomic E-state index is 13.2. The van der Waals surface area contributed by atoms with Crippen LogP contribution in [0.15, 0.2) is 35.1 Å². The Morgan fingerprint density at radius 2 is 2.31 bits per heavy atom. The van der Waals surface area contributed by atoms with E-state index in [0.29, 0.717) is 22.3 Å². The molecule has 0 aliphatic rings. The highest BCUT2D eigenvalue weighted by atomic mass is 79.9. The van der Waals surface area contributed by atoms with Crippen LogP contribution in [-0.2, 0) is 6.42 Å². The first-order valence-corrected chi connectivity index (χ1v) is 5.58. The Morgan fingerprint density at radius 3 is 3.00 bits per heavy atom. The molecule has 3 nitrogen and oxygen atoms in total. The SMILES string of the molecule is OC(Cc1cccc(F)c1Br)c1ncc[nH]1. The van der Waals surface area contributed by atoms with E-state index in [1.54, 1.807) is 24.5 Å². The van der Waals surface area contributed by atoms with Crippen LogP contribution in [0.4, 0.5) is 4.39 Å². The number of aromatic amines is 1. The first-order chi connectivity index (χ1) is 7.68. The minimum Gasteiger partial charge on any atom is -0.385 e. The molecule has 1 atom stereocenters. The van der Waals surface area contributed by atoms with Crippen LogP contribution < -0.4 is 0 Å². The molecule has 0 aliphatic heterocycles. The zero-order chi connectivity index (χ0) is 11.5. The molecule has 84 valence electrons. The summed E-state index contributed by atoms with van der Waals surface area (Å²) in [4.78, 5) is 6.77. The second-order valence-corrected chi connectivity index (χ2v) is 4.20. The van der Waals surface area contributed by atoms with E-state index in [2.05, 4.69) is 25.9 Å². The molecule has 1 heterocycles. The molecule has 2 N–H and O–H groups in total. The molecule has 0 spiro atoms. The predicted molar refractivity (Wildman–Crippen MR) is 61.4 cm³/mol. The molecule has 2 aromatic rings. The van der Waals surface area contributed by atoms with Gasteiger partial charge in [0.15, 0.2) is 0 Å². The fourth-order valence-corrected chi connectivity index (χ4v) is 1.90. The van der Waals surface area contributed by atoms with Gasteiger partial charge in [-0.25, -0.2) is 9.37 Å². The molecule has 2 rings (SSSR count). The summed E-state index contributed by atoms with van der Waals surface area (Å²) in [6, 6.07) is 4.75. The highest BCUT2D eigenvalue weighted by Crippen LogP contribution is 2.24. The standard InChI is InChI=1S/C11H10BrFN2O/c12-10-7(2-1-3-8(10)13)6-9(16)11-14-4-5-15-11/h1-5,9,16H,6H2,(H,14,15). The maximum Gasteiger partial charge on any atom is 0.137 e. The summed E-state index contributed by atoms with van der Waals surface area (Å²) >= 11 is 3.16. The third-order valence-corrected chi connectivity index (χ3v) is 3.17. The minimum absolute atomic E-state index is 0.311. The van der Waals surface area contributed by atoms with E-state index >= 15 is 0 Å². The lowest BCUT2D eigenvalue weighted by Crippen LogP contribution is -2.04. The Bertz CT molecular complexity index is 473. The molecule has 0 bridgehead atoms. The van der Waals surface area contributed by atoms with Crippen molar-refractivity contribution in [1.29, 1.82) is 0 Å². The Hall–Kier alpha value is -1.20. The van der Waals surface area contributed by atoms with E-state index in [-0.39, 0.29) is 5.82 Å². The zero-order valence-corrected chi connectivity index (χ0v) is 9.91. The van der Waals surface area contributed by atoms with E-state index in [9.17, 15) is 9.50 Å². The van der Waals surface area contributed by atoms with Crippen molar-refractivity contribution >= 4 is 15.9 Å². The average molecular weight is 285 g/mol. The normalized spacial score (nSPS) is 12.7. The van der Waals surface area contributed by atoms with Crippen LogP contribution >= 0.6 is 15.9 Å². The maximum atomic E-state index is 13.2. The number of aliphatic hydroxyl groups excluding tert-OH is 1.